The van der Waals surface area contributed by atoms with Gasteiger partial charge in [0.25, 0.3) is 5.91 Å². The number of rotatable bonds is 5. The molecule has 1 N–H and O–H groups in total. The molecular weight excluding hydrogens is 266 g/mol. The monoisotopic (exact) mass is 283 g/mol. The maximum absolute atomic E-state index is 12.0. The molecule has 0 aromatic heterocycles. The lowest BCUT2D eigenvalue weighted by atomic mass is 10.1. The van der Waals surface area contributed by atoms with E-state index in [0.717, 1.165) is 12.8 Å². The molecule has 0 aliphatic carbocycles. The quantitative estimate of drug-likeness (QED) is 0.845. The van der Waals surface area contributed by atoms with E-state index in [2.05, 4.69) is 12.2 Å². The molecule has 0 saturated carbocycles. The molecule has 104 valence electrons. The molecule has 1 amide bonds. The Labute approximate surface area is 118 Å². The minimum Gasteiger partial charge on any atom is -0.486 e. The zero-order valence-electron chi connectivity index (χ0n) is 10.9. The molecule has 19 heavy (non-hydrogen) atoms. The summed E-state index contributed by atoms with van der Waals surface area (Å²) in [6.45, 7) is 3.60. The number of ether oxygens (including phenoxy) is 2. The van der Waals surface area contributed by atoms with Crippen LogP contribution in [-0.4, -0.2) is 31.0 Å². The van der Waals surface area contributed by atoms with Gasteiger partial charge in [-0.1, -0.05) is 13.3 Å². The largest absolute Gasteiger partial charge is 0.486 e. The van der Waals surface area contributed by atoms with Crippen molar-refractivity contribution < 1.29 is 14.3 Å². The molecule has 1 heterocycles. The van der Waals surface area contributed by atoms with E-state index >= 15 is 0 Å². The number of nitrogens with one attached hydrogen (secondary N) is 1. The van der Waals surface area contributed by atoms with Crippen molar-refractivity contribution in [3.8, 4) is 11.5 Å². The first-order valence-electron chi connectivity index (χ1n) is 6.52. The number of fused-ring (bicyclic) bond motifs is 1. The molecule has 0 saturated heterocycles. The van der Waals surface area contributed by atoms with E-state index in [4.69, 9.17) is 21.1 Å². The molecule has 1 aliphatic rings. The summed E-state index contributed by atoms with van der Waals surface area (Å²) in [6.07, 6.45) is 1.90. The summed E-state index contributed by atoms with van der Waals surface area (Å²) in [6, 6.07) is 5.19. The molecule has 1 aromatic rings. The van der Waals surface area contributed by atoms with Crippen LogP contribution in [0.4, 0.5) is 0 Å². The standard InChI is InChI=1S/C14H18ClNO3/c1-2-3-11(15)9-16-14(17)10-4-5-12-13(8-10)19-7-6-18-12/h4-5,8,11H,2-3,6-7,9H2,1H3,(H,16,17). The van der Waals surface area contributed by atoms with Crippen LogP contribution in [0.25, 0.3) is 0 Å². The second-order valence-electron chi connectivity index (χ2n) is 4.45. The Hall–Kier alpha value is -1.42. The highest BCUT2D eigenvalue weighted by Crippen LogP contribution is 2.30. The Balaban J connectivity index is 1.95. The molecule has 1 aliphatic heterocycles. The van der Waals surface area contributed by atoms with Gasteiger partial charge in [-0.05, 0) is 24.6 Å². The van der Waals surface area contributed by atoms with Gasteiger partial charge in [-0.3, -0.25) is 4.79 Å². The minimum absolute atomic E-state index is 0.0221. The number of alkyl halides is 1. The van der Waals surface area contributed by atoms with E-state index in [1.165, 1.54) is 0 Å². The van der Waals surface area contributed by atoms with E-state index in [0.29, 0.717) is 36.8 Å². The van der Waals surface area contributed by atoms with Crippen molar-refractivity contribution in [2.45, 2.75) is 25.1 Å². The molecule has 2 rings (SSSR count). The third kappa shape index (κ3) is 3.77. The van der Waals surface area contributed by atoms with Gasteiger partial charge in [0.2, 0.25) is 0 Å². The zero-order valence-corrected chi connectivity index (χ0v) is 11.7. The first-order valence-corrected chi connectivity index (χ1v) is 6.96. The van der Waals surface area contributed by atoms with Gasteiger partial charge in [-0.2, -0.15) is 0 Å². The van der Waals surface area contributed by atoms with Crippen LogP contribution < -0.4 is 14.8 Å². The summed E-state index contributed by atoms with van der Waals surface area (Å²) < 4.78 is 10.9. The third-order valence-electron chi connectivity index (χ3n) is 2.89. The van der Waals surface area contributed by atoms with Crippen LogP contribution in [0.2, 0.25) is 0 Å². The molecule has 4 nitrogen and oxygen atoms in total. The van der Waals surface area contributed by atoms with E-state index < -0.39 is 0 Å². The molecule has 0 radical (unpaired) electrons. The van der Waals surface area contributed by atoms with Crippen LogP contribution in [0.3, 0.4) is 0 Å². The average Bonchev–Trinajstić information content (AvgIpc) is 2.44. The second kappa shape index (κ2) is 6.66. The van der Waals surface area contributed by atoms with E-state index in [9.17, 15) is 4.79 Å². The number of halogens is 1. The summed E-state index contributed by atoms with van der Waals surface area (Å²) in [5, 5.41) is 2.80. The number of hydrogen-bond acceptors (Lipinski definition) is 3. The third-order valence-corrected chi connectivity index (χ3v) is 3.26. The van der Waals surface area contributed by atoms with E-state index in [-0.39, 0.29) is 11.3 Å². The number of amides is 1. The van der Waals surface area contributed by atoms with Crippen molar-refractivity contribution in [1.29, 1.82) is 0 Å². The van der Waals surface area contributed by atoms with Gasteiger partial charge in [0.1, 0.15) is 13.2 Å². The van der Waals surface area contributed by atoms with Gasteiger partial charge < -0.3 is 14.8 Å². The predicted octanol–water partition coefficient (Wildman–Crippen LogP) is 2.60. The summed E-state index contributed by atoms with van der Waals surface area (Å²) >= 11 is 6.07. The van der Waals surface area contributed by atoms with Crippen molar-refractivity contribution in [3.05, 3.63) is 23.8 Å². The van der Waals surface area contributed by atoms with Gasteiger partial charge in [0, 0.05) is 12.1 Å². The zero-order chi connectivity index (χ0) is 13.7. The average molecular weight is 284 g/mol. The lowest BCUT2D eigenvalue weighted by Gasteiger charge is -2.18. The number of carbonyl (C=O) groups is 1. The molecule has 1 atom stereocenters. The summed E-state index contributed by atoms with van der Waals surface area (Å²) in [7, 11) is 0. The first kappa shape index (κ1) is 14.0. The van der Waals surface area contributed by atoms with Gasteiger partial charge in [0.15, 0.2) is 11.5 Å². The second-order valence-corrected chi connectivity index (χ2v) is 5.07. The van der Waals surface area contributed by atoms with Gasteiger partial charge in [0.05, 0.1) is 5.38 Å². The van der Waals surface area contributed by atoms with Crippen molar-refractivity contribution in [3.63, 3.8) is 0 Å². The topological polar surface area (TPSA) is 47.6 Å². The molecule has 0 bridgehead atoms. The highest BCUT2D eigenvalue weighted by Gasteiger charge is 2.15. The lowest BCUT2D eigenvalue weighted by Crippen LogP contribution is -2.29. The Kier molecular flexibility index (Phi) is 4.91. The van der Waals surface area contributed by atoms with Crippen LogP contribution in [0.1, 0.15) is 30.1 Å². The number of hydrogen-bond donors (Lipinski definition) is 1. The molecule has 0 fully saturated rings. The van der Waals surface area contributed by atoms with Crippen LogP contribution in [-0.2, 0) is 0 Å². The van der Waals surface area contributed by atoms with Gasteiger partial charge in [-0.25, -0.2) is 0 Å². The fourth-order valence-electron chi connectivity index (χ4n) is 1.91. The predicted molar refractivity (Wildman–Crippen MR) is 74.3 cm³/mol. The maximum atomic E-state index is 12.0. The fourth-order valence-corrected chi connectivity index (χ4v) is 2.20. The normalized spacial score (nSPS) is 14.8. The van der Waals surface area contributed by atoms with Crippen LogP contribution in [0.5, 0.6) is 11.5 Å². The Morgan fingerprint density at radius 1 is 1.37 bits per heavy atom. The molecular formula is C14H18ClNO3. The summed E-state index contributed by atoms with van der Waals surface area (Å²) in [5.41, 5.74) is 0.560. The van der Waals surface area contributed by atoms with Crippen LogP contribution >= 0.6 is 11.6 Å². The SMILES string of the molecule is CCCC(Cl)CNC(=O)c1ccc2c(c1)OCCO2. The molecule has 1 unspecified atom stereocenters. The van der Waals surface area contributed by atoms with Crippen molar-refractivity contribution in [2.24, 2.45) is 0 Å². The summed E-state index contributed by atoms with van der Waals surface area (Å²) in [4.78, 5) is 12.0. The number of benzene rings is 1. The van der Waals surface area contributed by atoms with E-state index in [1.54, 1.807) is 18.2 Å². The van der Waals surface area contributed by atoms with Gasteiger partial charge in [-0.15, -0.1) is 11.6 Å². The number of carbonyl (C=O) groups excluding carboxylic acids is 1. The van der Waals surface area contributed by atoms with Crippen molar-refractivity contribution in [1.82, 2.24) is 5.32 Å². The molecule has 0 spiro atoms. The van der Waals surface area contributed by atoms with Crippen LogP contribution in [0.15, 0.2) is 18.2 Å². The smallest absolute Gasteiger partial charge is 0.251 e. The molecule has 1 aromatic carbocycles. The molecule has 5 heteroatoms. The lowest BCUT2D eigenvalue weighted by molar-refractivity contribution is 0.0952. The van der Waals surface area contributed by atoms with Crippen LogP contribution in [0, 0.1) is 0 Å². The Morgan fingerprint density at radius 3 is 2.84 bits per heavy atom. The minimum atomic E-state index is -0.140. The first-order chi connectivity index (χ1) is 9.20. The Bertz CT molecular complexity index is 450. The van der Waals surface area contributed by atoms with Gasteiger partial charge >= 0.3 is 0 Å². The highest BCUT2D eigenvalue weighted by atomic mass is 35.5. The Morgan fingerprint density at radius 2 is 2.11 bits per heavy atom. The van der Waals surface area contributed by atoms with E-state index in [1.807, 2.05) is 0 Å². The summed E-state index contributed by atoms with van der Waals surface area (Å²) in [5.74, 6) is 1.16. The highest BCUT2D eigenvalue weighted by molar-refractivity contribution is 6.20. The van der Waals surface area contributed by atoms with Crippen molar-refractivity contribution >= 4 is 17.5 Å². The maximum Gasteiger partial charge on any atom is 0.251 e. The fraction of sp³-hybridized carbons (Fsp3) is 0.500. The van der Waals surface area contributed by atoms with Crippen molar-refractivity contribution in [2.75, 3.05) is 19.8 Å².